The molecule has 0 spiro atoms. The average Bonchev–Trinajstić information content (AvgIpc) is 2.91. The van der Waals surface area contributed by atoms with E-state index in [4.69, 9.17) is 9.84 Å². The summed E-state index contributed by atoms with van der Waals surface area (Å²) in [7, 11) is 0. The van der Waals surface area contributed by atoms with Crippen LogP contribution >= 0.6 is 11.3 Å². The second-order valence-electron chi connectivity index (χ2n) is 4.63. The van der Waals surface area contributed by atoms with Crippen molar-refractivity contribution in [3.8, 4) is 16.2 Å². The summed E-state index contributed by atoms with van der Waals surface area (Å²) >= 11 is 1.74. The van der Waals surface area contributed by atoms with Gasteiger partial charge in [0.2, 0.25) is 0 Å². The van der Waals surface area contributed by atoms with Gasteiger partial charge in [-0.2, -0.15) is 0 Å². The molecule has 0 saturated heterocycles. The van der Waals surface area contributed by atoms with Crippen molar-refractivity contribution in [2.45, 2.75) is 13.3 Å². The maximum Gasteiger partial charge on any atom is 0.186 e. The Morgan fingerprint density at radius 3 is 2.55 bits per heavy atom. The normalized spacial score (nSPS) is 10.9. The highest BCUT2D eigenvalue weighted by atomic mass is 32.1. The van der Waals surface area contributed by atoms with E-state index in [1.807, 2.05) is 18.2 Å². The molecule has 0 atom stereocenters. The number of aliphatic hydroxyl groups excluding tert-OH is 1. The van der Waals surface area contributed by atoms with Crippen molar-refractivity contribution < 1.29 is 9.84 Å². The maximum absolute atomic E-state index is 8.81. The molecular formula is C17H16O2S. The van der Waals surface area contributed by atoms with Crippen LogP contribution in [0.15, 0.2) is 48.5 Å². The zero-order valence-electron chi connectivity index (χ0n) is 11.3. The van der Waals surface area contributed by atoms with Gasteiger partial charge in [0, 0.05) is 9.58 Å². The highest BCUT2D eigenvalue weighted by Gasteiger charge is 2.05. The molecule has 0 bridgehead atoms. The van der Waals surface area contributed by atoms with Gasteiger partial charge in [-0.15, -0.1) is 11.3 Å². The number of benzene rings is 2. The summed E-state index contributed by atoms with van der Waals surface area (Å²) in [6.07, 6.45) is 1.06. The van der Waals surface area contributed by atoms with Crippen LogP contribution in [0.4, 0.5) is 0 Å². The van der Waals surface area contributed by atoms with E-state index in [0.29, 0.717) is 5.75 Å². The van der Waals surface area contributed by atoms with Gasteiger partial charge >= 0.3 is 0 Å². The van der Waals surface area contributed by atoms with E-state index >= 15 is 0 Å². The molecule has 1 N–H and O–H groups in total. The molecule has 0 aliphatic carbocycles. The van der Waals surface area contributed by atoms with Crippen molar-refractivity contribution in [2.75, 3.05) is 6.79 Å². The van der Waals surface area contributed by atoms with Crippen molar-refractivity contribution in [1.29, 1.82) is 0 Å². The zero-order chi connectivity index (χ0) is 13.9. The third kappa shape index (κ3) is 2.55. The third-order valence-corrected chi connectivity index (χ3v) is 4.52. The fraction of sp³-hybridized carbons (Fsp3) is 0.176. The summed E-state index contributed by atoms with van der Waals surface area (Å²) in [6.45, 7) is 1.87. The molecule has 0 radical (unpaired) electrons. The van der Waals surface area contributed by atoms with E-state index in [-0.39, 0.29) is 6.79 Å². The van der Waals surface area contributed by atoms with Gasteiger partial charge in [0.15, 0.2) is 6.79 Å². The number of fused-ring (bicyclic) bond motifs is 1. The first kappa shape index (κ1) is 13.2. The lowest BCUT2D eigenvalue weighted by molar-refractivity contribution is 0.0987. The number of hydrogen-bond acceptors (Lipinski definition) is 3. The Morgan fingerprint density at radius 2 is 1.85 bits per heavy atom. The third-order valence-electron chi connectivity index (χ3n) is 3.37. The minimum atomic E-state index is -0.289. The van der Waals surface area contributed by atoms with Crippen LogP contribution in [0.25, 0.3) is 20.5 Å². The topological polar surface area (TPSA) is 29.5 Å². The molecule has 0 amide bonds. The van der Waals surface area contributed by atoms with Crippen molar-refractivity contribution >= 4 is 21.4 Å². The summed E-state index contributed by atoms with van der Waals surface area (Å²) in [6, 6.07) is 16.8. The van der Waals surface area contributed by atoms with E-state index in [0.717, 1.165) is 6.42 Å². The Labute approximate surface area is 122 Å². The predicted molar refractivity (Wildman–Crippen MR) is 84.4 cm³/mol. The molecule has 2 nitrogen and oxygen atoms in total. The number of rotatable bonds is 4. The molecule has 0 unspecified atom stereocenters. The van der Waals surface area contributed by atoms with E-state index in [2.05, 4.69) is 37.3 Å². The first-order valence-electron chi connectivity index (χ1n) is 6.66. The predicted octanol–water partition coefficient (Wildman–Crippen LogP) is 4.46. The Hall–Kier alpha value is -1.84. The Bertz CT molecular complexity index is 713. The molecule has 3 rings (SSSR count). The van der Waals surface area contributed by atoms with Crippen molar-refractivity contribution in [3.05, 3.63) is 54.1 Å². The summed E-state index contributed by atoms with van der Waals surface area (Å²) in [4.78, 5) is 1.25. The molecule has 2 aromatic carbocycles. The Balaban J connectivity index is 1.98. The number of hydrogen-bond donors (Lipinski definition) is 1. The Morgan fingerprint density at radius 1 is 1.05 bits per heavy atom. The minimum absolute atomic E-state index is 0.289. The molecule has 3 aromatic rings. The summed E-state index contributed by atoms with van der Waals surface area (Å²) in [5.41, 5.74) is 2.60. The van der Waals surface area contributed by atoms with Gasteiger partial charge in [-0.25, -0.2) is 0 Å². The molecule has 102 valence electrons. The average molecular weight is 284 g/mol. The molecular weight excluding hydrogens is 268 g/mol. The van der Waals surface area contributed by atoms with Gasteiger partial charge in [0.1, 0.15) is 5.75 Å². The lowest BCUT2D eigenvalue weighted by atomic mass is 10.1. The van der Waals surface area contributed by atoms with Crippen molar-refractivity contribution in [1.82, 2.24) is 0 Å². The number of aliphatic hydroxyl groups is 1. The second-order valence-corrected chi connectivity index (χ2v) is 5.72. The fourth-order valence-corrected chi connectivity index (χ4v) is 3.32. The molecule has 0 aliphatic rings. The van der Waals surface area contributed by atoms with Crippen LogP contribution in [0.1, 0.15) is 12.5 Å². The first-order valence-corrected chi connectivity index (χ1v) is 7.48. The molecule has 20 heavy (non-hydrogen) atoms. The van der Waals surface area contributed by atoms with Crippen LogP contribution in [0, 0.1) is 0 Å². The van der Waals surface area contributed by atoms with Gasteiger partial charge in [-0.1, -0.05) is 31.2 Å². The van der Waals surface area contributed by atoms with Gasteiger partial charge in [0.05, 0.1) is 0 Å². The monoisotopic (exact) mass is 284 g/mol. The SMILES string of the molecule is CCc1ccc(-c2cc3ccc(OCO)cc3s2)cc1. The molecule has 0 fully saturated rings. The standard InChI is InChI=1S/C17H16O2S/c1-2-12-3-5-13(6-4-12)16-9-14-7-8-15(19-11-18)10-17(14)20-16/h3-10,18H,2,11H2,1H3. The largest absolute Gasteiger partial charge is 0.468 e. The van der Waals surface area contributed by atoms with Crippen LogP contribution in [0.5, 0.6) is 5.75 Å². The summed E-state index contributed by atoms with van der Waals surface area (Å²) in [5.74, 6) is 0.703. The van der Waals surface area contributed by atoms with E-state index in [1.165, 1.54) is 26.1 Å². The lowest BCUT2D eigenvalue weighted by Crippen LogP contribution is -1.93. The maximum atomic E-state index is 8.81. The van der Waals surface area contributed by atoms with Gasteiger partial charge in [-0.05, 0) is 47.2 Å². The zero-order valence-corrected chi connectivity index (χ0v) is 12.1. The quantitative estimate of drug-likeness (QED) is 0.717. The van der Waals surface area contributed by atoms with E-state index < -0.39 is 0 Å². The smallest absolute Gasteiger partial charge is 0.186 e. The highest BCUT2D eigenvalue weighted by molar-refractivity contribution is 7.22. The number of ether oxygens (including phenoxy) is 1. The summed E-state index contributed by atoms with van der Waals surface area (Å²) in [5, 5.41) is 10.0. The number of thiophene rings is 1. The van der Waals surface area contributed by atoms with Gasteiger partial charge in [-0.3, -0.25) is 0 Å². The van der Waals surface area contributed by atoms with E-state index in [1.54, 1.807) is 11.3 Å². The molecule has 0 saturated carbocycles. The van der Waals surface area contributed by atoms with Crippen LogP contribution < -0.4 is 4.74 Å². The number of aryl methyl sites for hydroxylation is 1. The molecule has 0 aliphatic heterocycles. The molecule has 1 heterocycles. The van der Waals surface area contributed by atoms with Crippen LogP contribution in [-0.4, -0.2) is 11.9 Å². The van der Waals surface area contributed by atoms with Gasteiger partial charge < -0.3 is 9.84 Å². The molecule has 3 heteroatoms. The van der Waals surface area contributed by atoms with Gasteiger partial charge in [0.25, 0.3) is 0 Å². The van der Waals surface area contributed by atoms with Crippen LogP contribution in [0.2, 0.25) is 0 Å². The first-order chi connectivity index (χ1) is 9.80. The fourth-order valence-electron chi connectivity index (χ4n) is 2.22. The summed E-state index contributed by atoms with van der Waals surface area (Å²) < 4.78 is 6.29. The van der Waals surface area contributed by atoms with Crippen LogP contribution in [0.3, 0.4) is 0 Å². The van der Waals surface area contributed by atoms with Crippen molar-refractivity contribution in [2.24, 2.45) is 0 Å². The lowest BCUT2D eigenvalue weighted by Gasteiger charge is -2.00. The van der Waals surface area contributed by atoms with E-state index in [9.17, 15) is 0 Å². The van der Waals surface area contributed by atoms with Crippen molar-refractivity contribution in [3.63, 3.8) is 0 Å². The minimum Gasteiger partial charge on any atom is -0.468 e. The second kappa shape index (κ2) is 5.65. The highest BCUT2D eigenvalue weighted by Crippen LogP contribution is 2.35. The molecule has 1 aromatic heterocycles. The van der Waals surface area contributed by atoms with Crippen LogP contribution in [-0.2, 0) is 6.42 Å². The Kier molecular flexibility index (Phi) is 3.72.